The van der Waals surface area contributed by atoms with Crippen molar-refractivity contribution in [2.45, 2.75) is 12.5 Å². The third kappa shape index (κ3) is 5.34. The molecule has 2 aromatic carbocycles. The Morgan fingerprint density at radius 2 is 1.84 bits per heavy atom. The van der Waals surface area contributed by atoms with Crippen LogP contribution in [0.1, 0.15) is 27.3 Å². The molecule has 5 rings (SSSR count). The molecular formula is C26H21Cl2FN6O2. The molecule has 2 aromatic heterocycles. The fraction of sp³-hybridized carbons (Fsp3) is 0.154. The summed E-state index contributed by atoms with van der Waals surface area (Å²) in [6, 6.07) is 16.0. The highest BCUT2D eigenvalue weighted by Crippen LogP contribution is 2.33. The summed E-state index contributed by atoms with van der Waals surface area (Å²) in [5.41, 5.74) is 1.04. The number of amides is 2. The molecule has 0 saturated carbocycles. The van der Waals surface area contributed by atoms with Crippen molar-refractivity contribution < 1.29 is 14.0 Å². The highest BCUT2D eigenvalue weighted by atomic mass is 35.5. The van der Waals surface area contributed by atoms with E-state index < -0.39 is 11.7 Å². The molecule has 188 valence electrons. The van der Waals surface area contributed by atoms with Gasteiger partial charge in [-0.2, -0.15) is 5.10 Å². The number of para-hydroxylation sites is 1. The SMILES string of the molecule is O=C(N[C@@H]1CCNC1)c1cc(NC(=O)c2cc(-c3ncccc3F)c(Cl)cc2Cl)n(-c2ccccc2)n1. The van der Waals surface area contributed by atoms with E-state index in [2.05, 4.69) is 26.0 Å². The van der Waals surface area contributed by atoms with Gasteiger partial charge in [-0.15, -0.1) is 0 Å². The van der Waals surface area contributed by atoms with Crippen molar-refractivity contribution in [1.29, 1.82) is 0 Å². The monoisotopic (exact) mass is 538 g/mol. The Kier molecular flexibility index (Phi) is 7.18. The van der Waals surface area contributed by atoms with Crippen LogP contribution in [0, 0.1) is 5.82 Å². The maximum Gasteiger partial charge on any atom is 0.272 e. The Morgan fingerprint density at radius 1 is 1.03 bits per heavy atom. The molecule has 1 aliphatic rings. The standard InChI is InChI=1S/C26H21Cl2FN6O2/c27-19-12-20(28)18(11-17(19)24-21(29)7-4-9-31-24)25(36)33-23-13-22(26(37)32-15-8-10-30-14-15)34-35(23)16-5-2-1-3-6-16/h1-7,9,11-13,15,30H,8,10,14H2,(H,32,37)(H,33,36)/t15-/m1/s1. The van der Waals surface area contributed by atoms with Gasteiger partial charge >= 0.3 is 0 Å². The summed E-state index contributed by atoms with van der Waals surface area (Å²) in [5, 5.41) is 13.6. The zero-order valence-corrected chi connectivity index (χ0v) is 20.9. The quantitative estimate of drug-likeness (QED) is 0.329. The van der Waals surface area contributed by atoms with Crippen LogP contribution in [0.25, 0.3) is 16.9 Å². The lowest BCUT2D eigenvalue weighted by Crippen LogP contribution is -2.36. The molecule has 2 amide bonds. The fourth-order valence-corrected chi connectivity index (χ4v) is 4.61. The van der Waals surface area contributed by atoms with Gasteiger partial charge in [0.05, 0.1) is 21.3 Å². The number of carbonyl (C=O) groups excluding carboxylic acids is 2. The molecule has 1 fully saturated rings. The molecule has 1 saturated heterocycles. The molecule has 11 heteroatoms. The molecular weight excluding hydrogens is 518 g/mol. The summed E-state index contributed by atoms with van der Waals surface area (Å²) in [7, 11) is 0. The predicted octanol–water partition coefficient (Wildman–Crippen LogP) is 4.72. The van der Waals surface area contributed by atoms with E-state index in [1.165, 1.54) is 41.2 Å². The zero-order valence-electron chi connectivity index (χ0n) is 19.3. The number of nitrogens with one attached hydrogen (secondary N) is 3. The number of halogens is 3. The van der Waals surface area contributed by atoms with Gasteiger partial charge in [0.1, 0.15) is 17.3 Å². The first-order valence-electron chi connectivity index (χ1n) is 11.5. The molecule has 3 heterocycles. The second kappa shape index (κ2) is 10.7. The molecule has 4 aromatic rings. The lowest BCUT2D eigenvalue weighted by molar-refractivity contribution is 0.0933. The summed E-state index contributed by atoms with van der Waals surface area (Å²) in [6.45, 7) is 1.51. The minimum Gasteiger partial charge on any atom is -0.347 e. The van der Waals surface area contributed by atoms with Crippen LogP contribution in [0.3, 0.4) is 0 Å². The van der Waals surface area contributed by atoms with Crippen LogP contribution in [-0.4, -0.2) is 45.7 Å². The van der Waals surface area contributed by atoms with Gasteiger partial charge in [0.15, 0.2) is 5.69 Å². The molecule has 1 aliphatic heterocycles. The van der Waals surface area contributed by atoms with Gasteiger partial charge in [-0.1, -0.05) is 41.4 Å². The topological polar surface area (TPSA) is 101 Å². The number of nitrogens with zero attached hydrogens (tertiary/aromatic N) is 3. The van der Waals surface area contributed by atoms with Gasteiger partial charge in [0.25, 0.3) is 11.8 Å². The Hall–Kier alpha value is -3.79. The van der Waals surface area contributed by atoms with Gasteiger partial charge in [-0.05, 0) is 49.4 Å². The maximum atomic E-state index is 14.4. The third-order valence-electron chi connectivity index (χ3n) is 5.89. The predicted molar refractivity (Wildman–Crippen MR) is 140 cm³/mol. The van der Waals surface area contributed by atoms with Gasteiger partial charge in [0, 0.05) is 30.4 Å². The van der Waals surface area contributed by atoms with E-state index in [4.69, 9.17) is 23.2 Å². The highest BCUT2D eigenvalue weighted by Gasteiger charge is 2.23. The van der Waals surface area contributed by atoms with Crippen molar-refractivity contribution in [2.75, 3.05) is 18.4 Å². The van der Waals surface area contributed by atoms with E-state index in [1.54, 1.807) is 12.1 Å². The minimum atomic E-state index is -0.594. The molecule has 0 spiro atoms. The number of hydrogen-bond acceptors (Lipinski definition) is 5. The Morgan fingerprint density at radius 3 is 2.57 bits per heavy atom. The second-order valence-electron chi connectivity index (χ2n) is 8.43. The molecule has 0 unspecified atom stereocenters. The number of benzene rings is 2. The summed E-state index contributed by atoms with van der Waals surface area (Å²) < 4.78 is 15.9. The first-order chi connectivity index (χ1) is 17.9. The lowest BCUT2D eigenvalue weighted by Gasteiger charge is -2.12. The molecule has 0 bridgehead atoms. The Balaban J connectivity index is 1.49. The smallest absolute Gasteiger partial charge is 0.272 e. The van der Waals surface area contributed by atoms with E-state index >= 15 is 0 Å². The van der Waals surface area contributed by atoms with Crippen molar-refractivity contribution in [3.8, 4) is 16.9 Å². The lowest BCUT2D eigenvalue weighted by atomic mass is 10.1. The summed E-state index contributed by atoms with van der Waals surface area (Å²) in [6.07, 6.45) is 2.25. The average Bonchev–Trinajstić information content (AvgIpc) is 3.55. The van der Waals surface area contributed by atoms with Crippen LogP contribution in [0.4, 0.5) is 10.2 Å². The van der Waals surface area contributed by atoms with Gasteiger partial charge in [-0.25, -0.2) is 9.07 Å². The molecule has 8 nitrogen and oxygen atoms in total. The molecule has 3 N–H and O–H groups in total. The number of rotatable bonds is 6. The van der Waals surface area contributed by atoms with E-state index in [9.17, 15) is 14.0 Å². The average molecular weight is 539 g/mol. The van der Waals surface area contributed by atoms with Crippen molar-refractivity contribution in [2.24, 2.45) is 0 Å². The highest BCUT2D eigenvalue weighted by molar-refractivity contribution is 6.38. The van der Waals surface area contributed by atoms with Gasteiger partial charge in [0.2, 0.25) is 0 Å². The minimum absolute atomic E-state index is 0.00528. The van der Waals surface area contributed by atoms with Crippen molar-refractivity contribution >= 4 is 40.8 Å². The third-order valence-corrected chi connectivity index (χ3v) is 6.52. The van der Waals surface area contributed by atoms with E-state index in [0.29, 0.717) is 12.2 Å². The van der Waals surface area contributed by atoms with Crippen LogP contribution in [0.5, 0.6) is 0 Å². The second-order valence-corrected chi connectivity index (χ2v) is 9.24. The van der Waals surface area contributed by atoms with Crippen molar-refractivity contribution in [1.82, 2.24) is 25.4 Å². The Labute approximate surface area is 221 Å². The number of pyridine rings is 1. The van der Waals surface area contributed by atoms with E-state index in [-0.39, 0.29) is 50.3 Å². The number of aromatic nitrogens is 3. The molecule has 1 atom stereocenters. The number of anilines is 1. The van der Waals surface area contributed by atoms with Crippen molar-refractivity contribution in [3.63, 3.8) is 0 Å². The molecule has 0 aliphatic carbocycles. The fourth-order valence-electron chi connectivity index (χ4n) is 4.06. The largest absolute Gasteiger partial charge is 0.347 e. The molecule has 37 heavy (non-hydrogen) atoms. The van der Waals surface area contributed by atoms with Crippen LogP contribution in [0.15, 0.2) is 66.9 Å². The van der Waals surface area contributed by atoms with Crippen LogP contribution >= 0.6 is 23.2 Å². The summed E-state index contributed by atoms with van der Waals surface area (Å²) in [5.74, 6) is -1.28. The van der Waals surface area contributed by atoms with Crippen LogP contribution < -0.4 is 16.0 Å². The van der Waals surface area contributed by atoms with E-state index in [1.807, 2.05) is 18.2 Å². The zero-order chi connectivity index (χ0) is 25.9. The maximum absolute atomic E-state index is 14.4. The van der Waals surface area contributed by atoms with Gasteiger partial charge < -0.3 is 16.0 Å². The summed E-state index contributed by atoms with van der Waals surface area (Å²) in [4.78, 5) is 30.3. The first kappa shape index (κ1) is 24.9. The Bertz CT molecular complexity index is 1470. The number of carbonyl (C=O) groups is 2. The molecule has 0 radical (unpaired) electrons. The van der Waals surface area contributed by atoms with Crippen molar-refractivity contribution in [3.05, 3.63) is 94.0 Å². The van der Waals surface area contributed by atoms with Crippen LogP contribution in [-0.2, 0) is 0 Å². The normalized spacial score (nSPS) is 14.9. The van der Waals surface area contributed by atoms with Gasteiger partial charge in [-0.3, -0.25) is 14.6 Å². The first-order valence-corrected chi connectivity index (χ1v) is 12.2. The number of hydrogen-bond donors (Lipinski definition) is 3. The summed E-state index contributed by atoms with van der Waals surface area (Å²) >= 11 is 12.6. The van der Waals surface area contributed by atoms with Crippen LogP contribution in [0.2, 0.25) is 10.0 Å². The van der Waals surface area contributed by atoms with E-state index in [0.717, 1.165) is 13.0 Å².